The maximum Gasteiger partial charge on any atom is 0.131 e. The van der Waals surface area contributed by atoms with Crippen molar-refractivity contribution < 1.29 is 0 Å². The molecule has 0 radical (unpaired) electrons. The van der Waals surface area contributed by atoms with E-state index in [0.29, 0.717) is 12.4 Å². The van der Waals surface area contributed by atoms with Gasteiger partial charge >= 0.3 is 0 Å². The van der Waals surface area contributed by atoms with Crippen LogP contribution in [0.1, 0.15) is 11.1 Å². The minimum Gasteiger partial charge on any atom is -0.383 e. The summed E-state index contributed by atoms with van der Waals surface area (Å²) >= 11 is 0. The first kappa shape index (κ1) is 27.1. The molecule has 0 aliphatic heterocycles. The highest BCUT2D eigenvalue weighted by molar-refractivity contribution is 6.25. The van der Waals surface area contributed by atoms with Gasteiger partial charge in [0.2, 0.25) is 0 Å². The summed E-state index contributed by atoms with van der Waals surface area (Å²) in [5, 5.41) is 12.4. The van der Waals surface area contributed by atoms with E-state index in [9.17, 15) is 0 Å². The van der Waals surface area contributed by atoms with Crippen LogP contribution in [0.15, 0.2) is 169 Å². The van der Waals surface area contributed by atoms with Gasteiger partial charge in [0.15, 0.2) is 0 Å². The monoisotopic (exact) mass is 601 g/mol. The van der Waals surface area contributed by atoms with Crippen LogP contribution >= 0.6 is 0 Å². The summed E-state index contributed by atoms with van der Waals surface area (Å²) in [4.78, 5) is 5.13. The lowest BCUT2D eigenvalue weighted by Gasteiger charge is -2.13. The molecule has 0 saturated carbocycles. The molecule has 3 heteroatoms. The van der Waals surface area contributed by atoms with Gasteiger partial charge in [-0.05, 0) is 55.9 Å². The van der Waals surface area contributed by atoms with Crippen molar-refractivity contribution in [2.24, 2.45) is 10.7 Å². The average molecular weight is 602 g/mol. The lowest BCUT2D eigenvalue weighted by molar-refractivity contribution is 0.902. The summed E-state index contributed by atoms with van der Waals surface area (Å²) in [6.45, 7) is 0.634. The van der Waals surface area contributed by atoms with Crippen LogP contribution in [-0.2, 0) is 6.54 Å². The predicted molar refractivity (Wildman–Crippen MR) is 201 cm³/mol. The van der Waals surface area contributed by atoms with E-state index in [-0.39, 0.29) is 0 Å². The molecule has 1 aromatic heterocycles. The van der Waals surface area contributed by atoms with E-state index < -0.39 is 0 Å². The molecule has 1 heterocycles. The second-order valence-corrected chi connectivity index (χ2v) is 12.1. The van der Waals surface area contributed by atoms with Crippen LogP contribution in [0.2, 0.25) is 0 Å². The summed E-state index contributed by atoms with van der Waals surface area (Å²) in [5.41, 5.74) is 11.9. The Bertz CT molecular complexity index is 2680. The number of aliphatic imine (C=N–C) groups is 1. The Kier molecular flexibility index (Phi) is 6.36. The molecular formula is C44H31N3. The van der Waals surface area contributed by atoms with Gasteiger partial charge in [0.05, 0.1) is 11.2 Å². The van der Waals surface area contributed by atoms with Gasteiger partial charge in [-0.2, -0.15) is 0 Å². The van der Waals surface area contributed by atoms with Crippen LogP contribution in [0.4, 0.5) is 0 Å². The quantitative estimate of drug-likeness (QED) is 0.119. The number of benzene rings is 8. The van der Waals surface area contributed by atoms with E-state index in [2.05, 4.69) is 138 Å². The van der Waals surface area contributed by atoms with Gasteiger partial charge in [-0.25, -0.2) is 4.99 Å². The Hall–Kier alpha value is -6.19. The number of amidine groups is 1. The van der Waals surface area contributed by atoms with Gasteiger partial charge in [0.1, 0.15) is 5.84 Å². The summed E-state index contributed by atoms with van der Waals surface area (Å²) in [6.07, 6.45) is 2.23. The summed E-state index contributed by atoms with van der Waals surface area (Å²) < 4.78 is 2.42. The lowest BCUT2D eigenvalue weighted by atomic mass is 9.93. The maximum absolute atomic E-state index is 6.72. The van der Waals surface area contributed by atoms with Crippen molar-refractivity contribution in [2.75, 3.05) is 0 Å². The van der Waals surface area contributed by atoms with E-state index in [4.69, 9.17) is 10.7 Å². The van der Waals surface area contributed by atoms with Gasteiger partial charge < -0.3 is 10.3 Å². The van der Waals surface area contributed by atoms with Gasteiger partial charge in [0.25, 0.3) is 0 Å². The lowest BCUT2D eigenvalue weighted by Crippen LogP contribution is -2.13. The molecule has 0 bridgehead atoms. The van der Waals surface area contributed by atoms with Crippen molar-refractivity contribution in [3.63, 3.8) is 0 Å². The SMILES string of the molecule is NC(=N/C(=C\Cn1c2ccccc2c2ccc3ccccc3c21)c1ccc2c3ccccc3c3ccccc3c2c1)c1ccccc1. The summed E-state index contributed by atoms with van der Waals surface area (Å²) in [7, 11) is 0. The summed E-state index contributed by atoms with van der Waals surface area (Å²) in [5.74, 6) is 0.494. The molecule has 0 aliphatic rings. The molecule has 9 aromatic rings. The Morgan fingerprint density at radius 1 is 0.489 bits per heavy atom. The zero-order valence-electron chi connectivity index (χ0n) is 25.8. The third-order valence-corrected chi connectivity index (χ3v) is 9.47. The van der Waals surface area contributed by atoms with Gasteiger partial charge in [-0.15, -0.1) is 0 Å². The highest BCUT2D eigenvalue weighted by atomic mass is 15.0. The average Bonchev–Trinajstić information content (AvgIpc) is 3.47. The molecular weight excluding hydrogens is 571 g/mol. The van der Waals surface area contributed by atoms with Crippen LogP contribution in [0, 0.1) is 0 Å². The minimum atomic E-state index is 0.494. The fraction of sp³-hybridized carbons (Fsp3) is 0.0227. The molecule has 0 fully saturated rings. The van der Waals surface area contributed by atoms with Gasteiger partial charge in [0, 0.05) is 39.3 Å². The van der Waals surface area contributed by atoms with E-state index >= 15 is 0 Å². The summed E-state index contributed by atoms with van der Waals surface area (Å²) in [6, 6.07) is 55.9. The van der Waals surface area contributed by atoms with Crippen molar-refractivity contribution in [3.05, 3.63) is 175 Å². The van der Waals surface area contributed by atoms with E-state index in [1.807, 2.05) is 30.3 Å². The Balaban J connectivity index is 1.29. The smallest absolute Gasteiger partial charge is 0.131 e. The first-order chi connectivity index (χ1) is 23.2. The normalized spacial score (nSPS) is 12.7. The van der Waals surface area contributed by atoms with E-state index in [1.54, 1.807) is 0 Å². The number of allylic oxidation sites excluding steroid dienone is 1. The van der Waals surface area contributed by atoms with Crippen molar-refractivity contribution in [1.29, 1.82) is 0 Å². The number of nitrogens with zero attached hydrogens (tertiary/aromatic N) is 2. The first-order valence-electron chi connectivity index (χ1n) is 16.1. The van der Waals surface area contributed by atoms with Crippen LogP contribution in [0.3, 0.4) is 0 Å². The van der Waals surface area contributed by atoms with Crippen molar-refractivity contribution in [1.82, 2.24) is 4.57 Å². The van der Waals surface area contributed by atoms with Gasteiger partial charge in [-0.3, -0.25) is 0 Å². The molecule has 3 nitrogen and oxygen atoms in total. The topological polar surface area (TPSA) is 43.3 Å². The van der Waals surface area contributed by atoms with Crippen molar-refractivity contribution >= 4 is 76.4 Å². The number of para-hydroxylation sites is 1. The van der Waals surface area contributed by atoms with Crippen LogP contribution in [-0.4, -0.2) is 10.4 Å². The minimum absolute atomic E-state index is 0.494. The Morgan fingerprint density at radius 2 is 1.04 bits per heavy atom. The van der Waals surface area contributed by atoms with Crippen molar-refractivity contribution in [3.8, 4) is 0 Å². The molecule has 2 N–H and O–H groups in total. The number of aromatic nitrogens is 1. The molecule has 222 valence electrons. The number of hydrogen-bond acceptors (Lipinski definition) is 1. The molecule has 9 rings (SSSR count). The van der Waals surface area contributed by atoms with E-state index in [0.717, 1.165) is 16.8 Å². The second kappa shape index (κ2) is 11.0. The van der Waals surface area contributed by atoms with Crippen LogP contribution in [0.25, 0.3) is 70.6 Å². The molecule has 0 amide bonds. The fourth-order valence-electron chi connectivity index (χ4n) is 7.29. The second-order valence-electron chi connectivity index (χ2n) is 12.1. The molecule has 0 saturated heterocycles. The third kappa shape index (κ3) is 4.47. The van der Waals surface area contributed by atoms with Crippen LogP contribution < -0.4 is 5.73 Å². The molecule has 0 spiro atoms. The number of hydrogen-bond donors (Lipinski definition) is 1. The number of rotatable bonds is 5. The zero-order chi connectivity index (χ0) is 31.3. The molecule has 0 unspecified atom stereocenters. The molecule has 0 atom stereocenters. The third-order valence-electron chi connectivity index (χ3n) is 9.47. The molecule has 0 aliphatic carbocycles. The standard InChI is InChI=1S/C44H31N3/c45-44(30-13-2-1-3-14-30)46-41(31-23-24-37-35-18-7-6-16-33(35)34-17-8-9-19-36(34)40(37)28-31)26-27-47-42-21-11-10-20-38(42)39-25-22-29-12-4-5-15-32(29)43(39)47/h1-26,28H,27H2,(H2,45,46)/b41-26-. The predicted octanol–water partition coefficient (Wildman–Crippen LogP) is 10.9. The van der Waals surface area contributed by atoms with E-state index in [1.165, 1.54) is 64.9 Å². The number of fused-ring (bicyclic) bond motifs is 11. The first-order valence-corrected chi connectivity index (χ1v) is 16.1. The Labute approximate surface area is 272 Å². The maximum atomic E-state index is 6.72. The van der Waals surface area contributed by atoms with Crippen molar-refractivity contribution in [2.45, 2.75) is 6.54 Å². The highest BCUT2D eigenvalue weighted by Gasteiger charge is 2.15. The highest BCUT2D eigenvalue weighted by Crippen LogP contribution is 2.37. The molecule has 8 aromatic carbocycles. The Morgan fingerprint density at radius 3 is 1.77 bits per heavy atom. The molecule has 47 heavy (non-hydrogen) atoms. The van der Waals surface area contributed by atoms with Crippen LogP contribution in [0.5, 0.6) is 0 Å². The largest absolute Gasteiger partial charge is 0.383 e. The zero-order valence-corrected chi connectivity index (χ0v) is 25.8. The van der Waals surface area contributed by atoms with Gasteiger partial charge in [-0.1, -0.05) is 146 Å². The number of nitrogens with two attached hydrogens (primary N) is 1. The fourth-order valence-corrected chi connectivity index (χ4v) is 7.29.